The minimum Gasteiger partial charge on any atom is -0.481 e. The maximum atomic E-state index is 11.7. The van der Waals surface area contributed by atoms with E-state index in [2.05, 4.69) is 0 Å². The molecule has 0 radical (unpaired) electrons. The van der Waals surface area contributed by atoms with Crippen LogP contribution in [0.5, 0.6) is 0 Å². The molecule has 2 N–H and O–H groups in total. The van der Waals surface area contributed by atoms with Crippen molar-refractivity contribution < 1.29 is 24.6 Å². The van der Waals surface area contributed by atoms with Crippen LogP contribution in [0, 0.1) is 5.92 Å². The number of hydrogen-bond donors (Lipinski definition) is 2. The van der Waals surface area contributed by atoms with Gasteiger partial charge in [0, 0.05) is 13.0 Å². The average molecular weight is 257 g/mol. The highest BCUT2D eigenvalue weighted by molar-refractivity contribution is 5.89. The molecular weight excluding hydrogens is 238 g/mol. The van der Waals surface area contributed by atoms with Crippen molar-refractivity contribution in [3.8, 4) is 0 Å². The van der Waals surface area contributed by atoms with Crippen LogP contribution >= 0.6 is 0 Å². The third-order valence-corrected chi connectivity index (χ3v) is 3.25. The van der Waals surface area contributed by atoms with E-state index in [1.165, 1.54) is 4.90 Å². The molecule has 2 atom stereocenters. The fraction of sp³-hybridized carbons (Fsp3) is 0.750. The Morgan fingerprint density at radius 1 is 1.39 bits per heavy atom. The van der Waals surface area contributed by atoms with E-state index in [0.717, 1.165) is 19.3 Å². The number of amides is 1. The van der Waals surface area contributed by atoms with Crippen molar-refractivity contribution in [2.45, 2.75) is 45.1 Å². The summed E-state index contributed by atoms with van der Waals surface area (Å²) in [4.78, 5) is 34.9. The van der Waals surface area contributed by atoms with E-state index < -0.39 is 23.9 Å². The van der Waals surface area contributed by atoms with Gasteiger partial charge in [0.05, 0.1) is 5.92 Å². The van der Waals surface area contributed by atoms with E-state index in [0.29, 0.717) is 6.42 Å². The normalized spacial score (nSPS) is 21.1. The summed E-state index contributed by atoms with van der Waals surface area (Å²) in [6, 6.07) is -0.881. The number of nitrogens with zero attached hydrogens (tertiary/aromatic N) is 1. The molecule has 1 aliphatic rings. The zero-order valence-corrected chi connectivity index (χ0v) is 10.5. The summed E-state index contributed by atoms with van der Waals surface area (Å²) in [5, 5.41) is 18.0. The number of carboxylic acids is 2. The number of hydrogen-bond acceptors (Lipinski definition) is 3. The maximum Gasteiger partial charge on any atom is 0.326 e. The van der Waals surface area contributed by atoms with Crippen molar-refractivity contribution in [3.63, 3.8) is 0 Å². The Labute approximate surface area is 106 Å². The number of carboxylic acid groups (broad SMARTS) is 2. The molecule has 1 unspecified atom stereocenters. The lowest BCUT2D eigenvalue weighted by Gasteiger charge is -2.24. The van der Waals surface area contributed by atoms with Gasteiger partial charge in [0.1, 0.15) is 6.04 Å². The molecule has 18 heavy (non-hydrogen) atoms. The molecule has 1 heterocycles. The molecule has 0 bridgehead atoms. The van der Waals surface area contributed by atoms with Gasteiger partial charge in [-0.25, -0.2) is 4.79 Å². The highest BCUT2D eigenvalue weighted by Gasteiger charge is 2.40. The molecule has 1 aliphatic heterocycles. The summed E-state index contributed by atoms with van der Waals surface area (Å²) in [6.07, 6.45) is 2.91. The minimum absolute atomic E-state index is 0.0112. The van der Waals surface area contributed by atoms with E-state index in [4.69, 9.17) is 10.2 Å². The largest absolute Gasteiger partial charge is 0.481 e. The number of carbonyl (C=O) groups excluding carboxylic acids is 1. The van der Waals surface area contributed by atoms with E-state index in [-0.39, 0.29) is 18.9 Å². The zero-order chi connectivity index (χ0) is 13.7. The van der Waals surface area contributed by atoms with E-state index in [1.807, 2.05) is 6.92 Å². The van der Waals surface area contributed by atoms with Crippen LogP contribution in [0.1, 0.15) is 39.0 Å². The Bertz CT molecular complexity index is 341. The van der Waals surface area contributed by atoms with Crippen LogP contribution in [0.3, 0.4) is 0 Å². The summed E-state index contributed by atoms with van der Waals surface area (Å²) >= 11 is 0. The standard InChI is InChI=1S/C12H19NO5/c1-2-3-4-5-9(12(17)18)13-7-8(11(15)16)6-10(13)14/h8-9H,2-7H2,1H3,(H,15,16)(H,17,18)/t8?,9-/m0/s1. The van der Waals surface area contributed by atoms with Gasteiger partial charge in [0.25, 0.3) is 0 Å². The van der Waals surface area contributed by atoms with Crippen molar-refractivity contribution >= 4 is 17.8 Å². The highest BCUT2D eigenvalue weighted by Crippen LogP contribution is 2.23. The quantitative estimate of drug-likeness (QED) is 0.662. The van der Waals surface area contributed by atoms with Gasteiger partial charge in [0.2, 0.25) is 5.91 Å². The van der Waals surface area contributed by atoms with Gasteiger partial charge in [-0.2, -0.15) is 0 Å². The van der Waals surface area contributed by atoms with Gasteiger partial charge in [-0.05, 0) is 6.42 Å². The number of aliphatic carboxylic acids is 2. The predicted molar refractivity (Wildman–Crippen MR) is 63.0 cm³/mol. The molecular formula is C12H19NO5. The fourth-order valence-electron chi connectivity index (χ4n) is 2.20. The fourth-order valence-corrected chi connectivity index (χ4v) is 2.20. The zero-order valence-electron chi connectivity index (χ0n) is 10.5. The lowest BCUT2D eigenvalue weighted by molar-refractivity contribution is -0.148. The molecule has 102 valence electrons. The topological polar surface area (TPSA) is 94.9 Å². The van der Waals surface area contributed by atoms with E-state index >= 15 is 0 Å². The van der Waals surface area contributed by atoms with Crippen LogP contribution in [0.4, 0.5) is 0 Å². The molecule has 1 rings (SSSR count). The van der Waals surface area contributed by atoms with Crippen LogP contribution in [-0.4, -0.2) is 45.5 Å². The Balaban J connectivity index is 2.65. The molecule has 0 aromatic heterocycles. The first-order valence-electron chi connectivity index (χ1n) is 6.22. The monoisotopic (exact) mass is 257 g/mol. The number of carbonyl (C=O) groups is 3. The van der Waals surface area contributed by atoms with Gasteiger partial charge in [-0.1, -0.05) is 26.2 Å². The SMILES string of the molecule is CCCCC[C@@H](C(=O)O)N1CC(C(=O)O)CC1=O. The lowest BCUT2D eigenvalue weighted by Crippen LogP contribution is -2.42. The first-order valence-corrected chi connectivity index (χ1v) is 6.22. The molecule has 1 fully saturated rings. The summed E-state index contributed by atoms with van der Waals surface area (Å²) < 4.78 is 0. The second-order valence-electron chi connectivity index (χ2n) is 4.64. The minimum atomic E-state index is -1.05. The number of likely N-dealkylation sites (tertiary alicyclic amines) is 1. The first kappa shape index (κ1) is 14.5. The molecule has 0 aliphatic carbocycles. The summed E-state index contributed by atoms with van der Waals surface area (Å²) in [5.41, 5.74) is 0. The number of rotatable bonds is 7. The van der Waals surface area contributed by atoms with E-state index in [9.17, 15) is 14.4 Å². The third kappa shape index (κ3) is 3.45. The van der Waals surface area contributed by atoms with Crippen molar-refractivity contribution in [1.82, 2.24) is 4.90 Å². The Kier molecular flexibility index (Phi) is 5.12. The van der Waals surface area contributed by atoms with Gasteiger partial charge in [-0.15, -0.1) is 0 Å². The van der Waals surface area contributed by atoms with Crippen LogP contribution in [-0.2, 0) is 14.4 Å². The molecule has 0 saturated carbocycles. The van der Waals surface area contributed by atoms with E-state index in [1.54, 1.807) is 0 Å². The molecule has 0 aromatic carbocycles. The van der Waals surface area contributed by atoms with Gasteiger partial charge in [0.15, 0.2) is 0 Å². The van der Waals surface area contributed by atoms with Gasteiger partial charge < -0.3 is 15.1 Å². The Hall–Kier alpha value is -1.59. The third-order valence-electron chi connectivity index (χ3n) is 3.25. The average Bonchev–Trinajstić information content (AvgIpc) is 2.66. The van der Waals surface area contributed by atoms with Gasteiger partial charge in [-0.3, -0.25) is 9.59 Å². The Morgan fingerprint density at radius 2 is 2.06 bits per heavy atom. The van der Waals surface area contributed by atoms with Crippen LogP contribution < -0.4 is 0 Å². The second-order valence-corrected chi connectivity index (χ2v) is 4.64. The summed E-state index contributed by atoms with van der Waals surface area (Å²) in [5.74, 6) is -3.23. The van der Waals surface area contributed by atoms with Crippen molar-refractivity contribution in [3.05, 3.63) is 0 Å². The van der Waals surface area contributed by atoms with Crippen molar-refractivity contribution in [2.24, 2.45) is 5.92 Å². The summed E-state index contributed by atoms with van der Waals surface area (Å²) in [6.45, 7) is 2.02. The molecule has 1 amide bonds. The van der Waals surface area contributed by atoms with Crippen LogP contribution in [0.2, 0.25) is 0 Å². The predicted octanol–water partition coefficient (Wildman–Crippen LogP) is 0.953. The first-order chi connectivity index (χ1) is 8.47. The van der Waals surface area contributed by atoms with Gasteiger partial charge >= 0.3 is 11.9 Å². The summed E-state index contributed by atoms with van der Waals surface area (Å²) in [7, 11) is 0. The van der Waals surface area contributed by atoms with Crippen LogP contribution in [0.15, 0.2) is 0 Å². The Morgan fingerprint density at radius 3 is 2.50 bits per heavy atom. The number of unbranched alkanes of at least 4 members (excludes halogenated alkanes) is 2. The van der Waals surface area contributed by atoms with Crippen molar-refractivity contribution in [2.75, 3.05) is 6.54 Å². The lowest BCUT2D eigenvalue weighted by atomic mass is 10.1. The maximum absolute atomic E-state index is 11.7. The highest BCUT2D eigenvalue weighted by atomic mass is 16.4. The second kappa shape index (κ2) is 6.37. The molecule has 0 aromatic rings. The molecule has 6 nitrogen and oxygen atoms in total. The van der Waals surface area contributed by atoms with Crippen LogP contribution in [0.25, 0.3) is 0 Å². The molecule has 0 spiro atoms. The van der Waals surface area contributed by atoms with Crippen molar-refractivity contribution in [1.29, 1.82) is 0 Å². The smallest absolute Gasteiger partial charge is 0.326 e. The molecule has 6 heteroatoms. The molecule has 1 saturated heterocycles.